The molecule has 1 atom stereocenters. The summed E-state index contributed by atoms with van der Waals surface area (Å²) >= 11 is 18.8. The van der Waals surface area contributed by atoms with Crippen molar-refractivity contribution in [3.05, 3.63) is 68.6 Å². The Morgan fingerprint density at radius 2 is 1.84 bits per heavy atom. The van der Waals surface area contributed by atoms with E-state index < -0.39 is 11.9 Å². The molecule has 2 aromatic carbocycles. The Balaban J connectivity index is 1.79. The van der Waals surface area contributed by atoms with Gasteiger partial charge in [0.1, 0.15) is 23.9 Å². The van der Waals surface area contributed by atoms with E-state index in [2.05, 4.69) is 20.7 Å². The van der Waals surface area contributed by atoms with Gasteiger partial charge in [-0.05, 0) is 19.1 Å². The Hall–Kier alpha value is -2.94. The summed E-state index contributed by atoms with van der Waals surface area (Å²) in [5, 5.41) is 11.5. The molecule has 0 aliphatic carbocycles. The molecular weight excluding hydrogens is 477 g/mol. The van der Waals surface area contributed by atoms with Gasteiger partial charge < -0.3 is 20.1 Å². The summed E-state index contributed by atoms with van der Waals surface area (Å²) in [5.74, 6) is 0.871. The van der Waals surface area contributed by atoms with E-state index in [4.69, 9.17) is 44.3 Å². The number of aromatic nitrogens is 3. The van der Waals surface area contributed by atoms with E-state index in [0.29, 0.717) is 55.0 Å². The molecule has 0 spiro atoms. The fraction of sp³-hybridized carbons (Fsp3) is 0.190. The lowest BCUT2D eigenvalue weighted by molar-refractivity contribution is -0.113. The molecule has 4 rings (SSSR count). The van der Waals surface area contributed by atoms with Crippen LogP contribution < -0.4 is 20.1 Å². The van der Waals surface area contributed by atoms with E-state index in [0.717, 1.165) is 0 Å². The lowest BCUT2D eigenvalue weighted by atomic mass is 9.95. The molecule has 3 aromatic rings. The van der Waals surface area contributed by atoms with Crippen molar-refractivity contribution in [2.24, 2.45) is 0 Å². The minimum atomic E-state index is -0.640. The minimum Gasteiger partial charge on any atom is -0.495 e. The Labute approximate surface area is 199 Å². The Morgan fingerprint density at radius 1 is 1.09 bits per heavy atom. The molecule has 2 N–H and O–H groups in total. The molecule has 1 aliphatic rings. The number of fused-ring (bicyclic) bond motifs is 1. The molecule has 1 aliphatic heterocycles. The highest BCUT2D eigenvalue weighted by Gasteiger charge is 2.35. The second-order valence-corrected chi connectivity index (χ2v) is 8.15. The van der Waals surface area contributed by atoms with Crippen molar-refractivity contribution in [3.63, 3.8) is 0 Å². The fourth-order valence-corrected chi connectivity index (χ4v) is 4.29. The van der Waals surface area contributed by atoms with Crippen molar-refractivity contribution in [1.29, 1.82) is 0 Å². The molecule has 2 heterocycles. The largest absolute Gasteiger partial charge is 0.495 e. The lowest BCUT2D eigenvalue weighted by Crippen LogP contribution is -2.31. The van der Waals surface area contributed by atoms with Gasteiger partial charge in [-0.1, -0.05) is 40.9 Å². The smallest absolute Gasteiger partial charge is 0.255 e. The van der Waals surface area contributed by atoms with Gasteiger partial charge in [0.05, 0.1) is 30.5 Å². The van der Waals surface area contributed by atoms with E-state index in [1.165, 1.54) is 20.5 Å². The minimum absolute atomic E-state index is 0.357. The standard InChI is InChI=1S/C21H18Cl3N5O3/c1-10-18(20(30)28-15-8-16(31-2)14(24)7-17(15)32-3)19(29-21(27-10)25-9-26-29)12-5-4-11(22)6-13(12)23/h4-9,19H,1-3H3,(H,28,30)(H,25,26,27)/t19-/m1/s1. The number of carbonyl (C=O) groups excluding carboxylic acids is 1. The van der Waals surface area contributed by atoms with Crippen molar-refractivity contribution < 1.29 is 14.3 Å². The van der Waals surface area contributed by atoms with Crippen molar-refractivity contribution >= 4 is 52.3 Å². The van der Waals surface area contributed by atoms with Gasteiger partial charge in [-0.2, -0.15) is 10.1 Å². The molecule has 8 nitrogen and oxygen atoms in total. The van der Waals surface area contributed by atoms with Crippen LogP contribution in [-0.4, -0.2) is 34.9 Å². The molecule has 0 bridgehead atoms. The molecule has 0 unspecified atom stereocenters. The molecule has 1 aromatic heterocycles. The molecule has 0 radical (unpaired) electrons. The predicted octanol–water partition coefficient (Wildman–Crippen LogP) is 5.18. The normalized spacial score (nSPS) is 15.1. The lowest BCUT2D eigenvalue weighted by Gasteiger charge is -2.29. The first-order chi connectivity index (χ1) is 15.3. The summed E-state index contributed by atoms with van der Waals surface area (Å²) < 4.78 is 12.2. The zero-order chi connectivity index (χ0) is 23.0. The first kappa shape index (κ1) is 22.3. The zero-order valence-corrected chi connectivity index (χ0v) is 19.5. The molecule has 0 saturated heterocycles. The predicted molar refractivity (Wildman–Crippen MR) is 124 cm³/mol. The number of nitrogens with zero attached hydrogens (tertiary/aromatic N) is 3. The van der Waals surface area contributed by atoms with Crippen LogP contribution in [0.25, 0.3) is 0 Å². The highest BCUT2D eigenvalue weighted by Crippen LogP contribution is 2.40. The maximum atomic E-state index is 13.6. The van der Waals surface area contributed by atoms with E-state index in [1.807, 2.05) is 0 Å². The van der Waals surface area contributed by atoms with Gasteiger partial charge in [0.15, 0.2) is 0 Å². The molecule has 11 heteroatoms. The van der Waals surface area contributed by atoms with Gasteiger partial charge in [-0.25, -0.2) is 4.68 Å². The number of rotatable bonds is 5. The van der Waals surface area contributed by atoms with Gasteiger partial charge in [-0.15, -0.1) is 0 Å². The highest BCUT2D eigenvalue weighted by atomic mass is 35.5. The molecular formula is C21H18Cl3N5O3. The maximum absolute atomic E-state index is 13.6. The van der Waals surface area contributed by atoms with E-state index in [-0.39, 0.29) is 0 Å². The van der Waals surface area contributed by atoms with Crippen LogP contribution in [0.5, 0.6) is 11.5 Å². The fourth-order valence-electron chi connectivity index (χ4n) is 3.54. The zero-order valence-electron chi connectivity index (χ0n) is 17.2. The topological polar surface area (TPSA) is 90.3 Å². The van der Waals surface area contributed by atoms with Crippen LogP contribution in [0, 0.1) is 0 Å². The number of anilines is 2. The van der Waals surface area contributed by atoms with Crippen molar-refractivity contribution in [2.75, 3.05) is 24.9 Å². The first-order valence-corrected chi connectivity index (χ1v) is 10.5. The number of benzene rings is 2. The Bertz CT molecular complexity index is 1240. The SMILES string of the molecule is COc1cc(NC(=O)C2=C(C)Nc3ncnn3[C@@H]2c2ccc(Cl)cc2Cl)c(OC)cc1Cl. The number of nitrogens with one attached hydrogen (secondary N) is 2. The third kappa shape index (κ3) is 3.97. The van der Waals surface area contributed by atoms with Crippen molar-refractivity contribution in [2.45, 2.75) is 13.0 Å². The van der Waals surface area contributed by atoms with Gasteiger partial charge in [0.25, 0.3) is 5.91 Å². The second kappa shape index (κ2) is 8.90. The van der Waals surface area contributed by atoms with E-state index >= 15 is 0 Å². The second-order valence-electron chi connectivity index (χ2n) is 6.90. The van der Waals surface area contributed by atoms with Crippen LogP contribution in [0.2, 0.25) is 15.1 Å². The molecule has 166 valence electrons. The molecule has 32 heavy (non-hydrogen) atoms. The van der Waals surface area contributed by atoms with Crippen LogP contribution in [0.15, 0.2) is 47.9 Å². The number of allylic oxidation sites excluding steroid dienone is 1. The number of amides is 1. The van der Waals surface area contributed by atoms with E-state index in [1.54, 1.807) is 41.9 Å². The van der Waals surface area contributed by atoms with Crippen molar-refractivity contribution in [1.82, 2.24) is 14.8 Å². The number of hydrogen-bond donors (Lipinski definition) is 2. The van der Waals surface area contributed by atoms with Crippen LogP contribution in [-0.2, 0) is 4.79 Å². The highest BCUT2D eigenvalue weighted by molar-refractivity contribution is 6.35. The number of ether oxygens (including phenoxy) is 2. The van der Waals surface area contributed by atoms with Crippen LogP contribution in [0.1, 0.15) is 18.5 Å². The summed E-state index contributed by atoms with van der Waals surface area (Å²) in [6, 6.07) is 7.61. The van der Waals surface area contributed by atoms with Crippen LogP contribution in [0.3, 0.4) is 0 Å². The first-order valence-electron chi connectivity index (χ1n) is 9.39. The molecule has 0 fully saturated rings. The Morgan fingerprint density at radius 3 is 2.53 bits per heavy atom. The maximum Gasteiger partial charge on any atom is 0.255 e. The Kier molecular flexibility index (Phi) is 6.19. The van der Waals surface area contributed by atoms with E-state index in [9.17, 15) is 4.79 Å². The van der Waals surface area contributed by atoms with Gasteiger partial charge >= 0.3 is 0 Å². The van der Waals surface area contributed by atoms with Gasteiger partial charge in [-0.3, -0.25) is 4.79 Å². The quantitative estimate of drug-likeness (QED) is 0.508. The summed E-state index contributed by atoms with van der Waals surface area (Å²) in [6.07, 6.45) is 1.40. The van der Waals surface area contributed by atoms with Gasteiger partial charge in [0, 0.05) is 33.4 Å². The van der Waals surface area contributed by atoms with Crippen LogP contribution in [0.4, 0.5) is 11.6 Å². The van der Waals surface area contributed by atoms with Gasteiger partial charge in [0.2, 0.25) is 5.95 Å². The monoisotopic (exact) mass is 493 g/mol. The summed E-state index contributed by atoms with van der Waals surface area (Å²) in [4.78, 5) is 17.8. The number of halogens is 3. The summed E-state index contributed by atoms with van der Waals surface area (Å²) in [5.41, 5.74) is 2.03. The average Bonchev–Trinajstić information content (AvgIpc) is 3.22. The third-order valence-corrected chi connectivity index (χ3v) is 5.88. The average molecular weight is 495 g/mol. The molecule has 1 amide bonds. The number of hydrogen-bond acceptors (Lipinski definition) is 6. The number of methoxy groups -OCH3 is 2. The molecule has 0 saturated carbocycles. The number of carbonyl (C=O) groups is 1. The van der Waals surface area contributed by atoms with Crippen molar-refractivity contribution in [3.8, 4) is 11.5 Å². The van der Waals surface area contributed by atoms with Crippen LogP contribution >= 0.6 is 34.8 Å². The summed E-state index contributed by atoms with van der Waals surface area (Å²) in [7, 11) is 2.97. The summed E-state index contributed by atoms with van der Waals surface area (Å²) in [6.45, 7) is 1.78. The third-order valence-electron chi connectivity index (χ3n) is 5.02.